The number of benzene rings is 2. The third-order valence-corrected chi connectivity index (χ3v) is 4.73. The number of alkyl halides is 6. The monoisotopic (exact) mass is 466 g/mol. The highest BCUT2D eigenvalue weighted by molar-refractivity contribution is 6.47. The van der Waals surface area contributed by atoms with Crippen molar-refractivity contribution >= 4 is 17.4 Å². The molecule has 0 fully saturated rings. The van der Waals surface area contributed by atoms with Crippen LogP contribution in [0, 0.1) is 0 Å². The van der Waals surface area contributed by atoms with Crippen LogP contribution in [0.15, 0.2) is 72.9 Å². The topological polar surface area (TPSA) is 50.3 Å². The molecule has 0 spiro atoms. The number of carbonyl (C=O) groups excluding carboxylic acids is 2. The summed E-state index contributed by atoms with van der Waals surface area (Å²) < 4.78 is 76.8. The number of pyridine rings is 1. The first kappa shape index (κ1) is 24.0. The van der Waals surface area contributed by atoms with Gasteiger partial charge in [-0.3, -0.25) is 9.59 Å². The molecule has 0 unspecified atom stereocenters. The van der Waals surface area contributed by atoms with Crippen molar-refractivity contribution in [2.45, 2.75) is 18.8 Å². The maximum Gasteiger partial charge on any atom is 0.433 e. The highest BCUT2D eigenvalue weighted by atomic mass is 19.4. The lowest BCUT2D eigenvalue weighted by Crippen LogP contribution is -2.38. The number of rotatable bonds is 6. The zero-order valence-electron chi connectivity index (χ0n) is 16.8. The lowest BCUT2D eigenvalue weighted by molar-refractivity contribution is -0.141. The Morgan fingerprint density at radius 2 is 1.42 bits per heavy atom. The number of anilines is 1. The number of Topliss-reactive ketones (excluding diaryl/α,β-unsaturated/α-hetero) is 1. The molecule has 0 aliphatic carbocycles. The number of hydrogen-bond donors (Lipinski definition) is 0. The van der Waals surface area contributed by atoms with Crippen LogP contribution in [0.2, 0.25) is 0 Å². The second kappa shape index (κ2) is 9.43. The molecule has 1 heterocycles. The van der Waals surface area contributed by atoms with E-state index in [1.807, 2.05) is 0 Å². The second-order valence-corrected chi connectivity index (χ2v) is 7.00. The van der Waals surface area contributed by atoms with Crippen molar-refractivity contribution in [2.75, 3.05) is 11.4 Å². The number of amides is 1. The van der Waals surface area contributed by atoms with Gasteiger partial charge in [0.05, 0.1) is 17.4 Å². The number of carbonyl (C=O) groups is 2. The van der Waals surface area contributed by atoms with E-state index < -0.39 is 35.3 Å². The van der Waals surface area contributed by atoms with E-state index in [1.54, 1.807) is 18.2 Å². The van der Waals surface area contributed by atoms with E-state index in [4.69, 9.17) is 0 Å². The summed E-state index contributed by atoms with van der Waals surface area (Å²) in [6.45, 7) is -0.171. The Kier molecular flexibility index (Phi) is 6.85. The summed E-state index contributed by atoms with van der Waals surface area (Å²) in [4.78, 5) is 29.8. The van der Waals surface area contributed by atoms with E-state index in [9.17, 15) is 35.9 Å². The minimum absolute atomic E-state index is 0.0486. The van der Waals surface area contributed by atoms with E-state index in [-0.39, 0.29) is 24.2 Å². The van der Waals surface area contributed by atoms with Gasteiger partial charge in [-0.25, -0.2) is 4.98 Å². The first-order chi connectivity index (χ1) is 15.5. The smallest absolute Gasteiger partial charge is 0.304 e. The van der Waals surface area contributed by atoms with Crippen molar-refractivity contribution in [3.05, 3.63) is 95.3 Å². The first-order valence-corrected chi connectivity index (χ1v) is 9.57. The number of nitrogens with zero attached hydrogens (tertiary/aromatic N) is 2. The molecule has 0 saturated heterocycles. The van der Waals surface area contributed by atoms with Crippen LogP contribution in [0.4, 0.5) is 32.0 Å². The maximum absolute atomic E-state index is 12.9. The molecule has 4 nitrogen and oxygen atoms in total. The minimum Gasteiger partial charge on any atom is -0.304 e. The minimum atomic E-state index is -4.69. The van der Waals surface area contributed by atoms with Crippen molar-refractivity contribution in [3.63, 3.8) is 0 Å². The molecule has 172 valence electrons. The van der Waals surface area contributed by atoms with Gasteiger partial charge in [0, 0.05) is 12.1 Å². The molecule has 33 heavy (non-hydrogen) atoms. The molecule has 3 rings (SSSR count). The van der Waals surface area contributed by atoms with E-state index >= 15 is 0 Å². The highest BCUT2D eigenvalue weighted by Crippen LogP contribution is 2.30. The Bertz CT molecular complexity index is 1110. The van der Waals surface area contributed by atoms with Crippen LogP contribution in [-0.2, 0) is 23.6 Å². The Hall–Kier alpha value is -3.69. The fourth-order valence-electron chi connectivity index (χ4n) is 3.00. The second-order valence-electron chi connectivity index (χ2n) is 7.00. The number of halogens is 6. The average Bonchev–Trinajstić information content (AvgIpc) is 2.78. The van der Waals surface area contributed by atoms with Gasteiger partial charge in [0.2, 0.25) is 0 Å². The predicted octanol–water partition coefficient (Wildman–Crippen LogP) is 5.58. The summed E-state index contributed by atoms with van der Waals surface area (Å²) in [6.07, 6.45) is -8.32. The Morgan fingerprint density at radius 3 is 1.94 bits per heavy atom. The molecule has 0 atom stereocenters. The van der Waals surface area contributed by atoms with Gasteiger partial charge < -0.3 is 4.90 Å². The van der Waals surface area contributed by atoms with Gasteiger partial charge in [0.1, 0.15) is 5.69 Å². The van der Waals surface area contributed by atoms with E-state index in [2.05, 4.69) is 4.98 Å². The Balaban J connectivity index is 1.86. The molecule has 0 saturated carbocycles. The van der Waals surface area contributed by atoms with Crippen molar-refractivity contribution in [1.29, 1.82) is 0 Å². The van der Waals surface area contributed by atoms with Gasteiger partial charge >= 0.3 is 12.4 Å². The average molecular weight is 466 g/mol. The number of aromatic nitrogens is 1. The van der Waals surface area contributed by atoms with Crippen LogP contribution in [-0.4, -0.2) is 23.2 Å². The fraction of sp³-hybridized carbons (Fsp3) is 0.174. The summed E-state index contributed by atoms with van der Waals surface area (Å²) in [5.41, 5.74) is -1.54. The normalized spacial score (nSPS) is 11.8. The predicted molar refractivity (Wildman–Crippen MR) is 108 cm³/mol. The molecule has 10 heteroatoms. The molecule has 0 aliphatic rings. The van der Waals surface area contributed by atoms with E-state index in [0.29, 0.717) is 11.6 Å². The van der Waals surface area contributed by atoms with Crippen molar-refractivity contribution < 1.29 is 35.9 Å². The maximum atomic E-state index is 12.9. The molecule has 1 amide bonds. The Morgan fingerprint density at radius 1 is 0.788 bits per heavy atom. The van der Waals surface area contributed by atoms with E-state index in [0.717, 1.165) is 29.3 Å². The van der Waals surface area contributed by atoms with Crippen LogP contribution in [0.25, 0.3) is 0 Å². The molecular formula is C23H16F6N2O2. The Labute approximate surface area is 184 Å². The van der Waals surface area contributed by atoms with Gasteiger partial charge in [-0.15, -0.1) is 0 Å². The summed E-state index contributed by atoms with van der Waals surface area (Å²) in [7, 11) is 0. The van der Waals surface area contributed by atoms with Gasteiger partial charge in [-0.05, 0) is 36.2 Å². The molecule has 2 aromatic carbocycles. The highest BCUT2D eigenvalue weighted by Gasteiger charge is 2.33. The number of ketones is 1. The molecular weight excluding hydrogens is 450 g/mol. The molecule has 0 radical (unpaired) electrons. The number of hydrogen-bond acceptors (Lipinski definition) is 3. The summed E-state index contributed by atoms with van der Waals surface area (Å²) in [5, 5.41) is 0. The summed E-state index contributed by atoms with van der Waals surface area (Å²) in [6, 6.07) is 13.5. The van der Waals surface area contributed by atoms with Gasteiger partial charge in [0.25, 0.3) is 11.7 Å². The van der Waals surface area contributed by atoms with Crippen LogP contribution in [0.1, 0.15) is 27.2 Å². The SMILES string of the molecule is O=C(C(=O)N(CCc1ccc(C(F)(F)F)cc1)c1ccc(C(F)(F)F)nc1)c1ccccc1. The quantitative estimate of drug-likeness (QED) is 0.271. The van der Waals surface area contributed by atoms with Crippen molar-refractivity contribution in [3.8, 4) is 0 Å². The standard InChI is InChI=1S/C23H16F6N2O2/c24-22(25,26)17-8-6-15(7-9-17)12-13-31(18-10-11-19(30-14-18)23(27,28)29)21(33)20(32)16-4-2-1-3-5-16/h1-11,14H,12-13H2. The fourth-order valence-corrected chi connectivity index (χ4v) is 3.00. The van der Waals surface area contributed by atoms with E-state index in [1.165, 1.54) is 24.3 Å². The van der Waals surface area contributed by atoms with Crippen LogP contribution in [0.3, 0.4) is 0 Å². The van der Waals surface area contributed by atoms with Crippen LogP contribution >= 0.6 is 0 Å². The molecule has 0 bridgehead atoms. The van der Waals surface area contributed by atoms with Crippen LogP contribution in [0.5, 0.6) is 0 Å². The van der Waals surface area contributed by atoms with Gasteiger partial charge in [-0.2, -0.15) is 26.3 Å². The molecule has 0 N–H and O–H groups in total. The van der Waals surface area contributed by atoms with Gasteiger partial charge in [-0.1, -0.05) is 42.5 Å². The zero-order chi connectivity index (χ0) is 24.2. The third-order valence-electron chi connectivity index (χ3n) is 4.73. The largest absolute Gasteiger partial charge is 0.433 e. The molecule has 3 aromatic rings. The lowest BCUT2D eigenvalue weighted by atomic mass is 10.1. The zero-order valence-corrected chi connectivity index (χ0v) is 16.8. The lowest BCUT2D eigenvalue weighted by Gasteiger charge is -2.22. The summed E-state index contributed by atoms with van der Waals surface area (Å²) >= 11 is 0. The van der Waals surface area contributed by atoms with Crippen molar-refractivity contribution in [1.82, 2.24) is 4.98 Å². The summed E-state index contributed by atoms with van der Waals surface area (Å²) in [5.74, 6) is -1.89. The third kappa shape index (κ3) is 5.97. The van der Waals surface area contributed by atoms with Crippen molar-refractivity contribution in [2.24, 2.45) is 0 Å². The first-order valence-electron chi connectivity index (χ1n) is 9.57. The van der Waals surface area contributed by atoms with Gasteiger partial charge in [0.15, 0.2) is 0 Å². The molecule has 0 aliphatic heterocycles. The van der Waals surface area contributed by atoms with Crippen LogP contribution < -0.4 is 4.90 Å². The molecule has 1 aromatic heterocycles.